The fourth-order valence-electron chi connectivity index (χ4n) is 2.61. The number of aliphatic hydroxyl groups excluding tert-OH is 1. The van der Waals surface area contributed by atoms with Crippen LogP contribution in [-0.2, 0) is 4.74 Å². The minimum absolute atomic E-state index is 0.116. The molecule has 2 N–H and O–H groups in total. The highest BCUT2D eigenvalue weighted by Crippen LogP contribution is 2.24. The molecule has 1 aliphatic carbocycles. The Hall–Kier alpha value is -0.120. The first-order valence-corrected chi connectivity index (χ1v) is 8.60. The molecular weight excluding hydrogens is 250 g/mol. The van der Waals surface area contributed by atoms with Gasteiger partial charge in [0.1, 0.15) is 0 Å². The summed E-state index contributed by atoms with van der Waals surface area (Å²) < 4.78 is 5.87. The summed E-state index contributed by atoms with van der Waals surface area (Å²) in [7, 11) is 0. The van der Waals surface area contributed by atoms with Crippen LogP contribution < -0.4 is 5.32 Å². The lowest BCUT2D eigenvalue weighted by molar-refractivity contribution is 0.0490. The van der Waals surface area contributed by atoms with Crippen LogP contribution in [0.15, 0.2) is 0 Å². The van der Waals surface area contributed by atoms with Gasteiger partial charge < -0.3 is 15.2 Å². The fraction of sp³-hybridized carbons (Fsp3) is 1.00. The smallest absolute Gasteiger partial charge is 0.0610 e. The van der Waals surface area contributed by atoms with Gasteiger partial charge in [-0.3, -0.25) is 0 Å². The third kappa shape index (κ3) is 8.23. The van der Waals surface area contributed by atoms with Gasteiger partial charge in [0.05, 0.1) is 12.7 Å². The third-order valence-corrected chi connectivity index (χ3v) is 4.22. The van der Waals surface area contributed by atoms with Crippen molar-refractivity contribution in [2.24, 2.45) is 0 Å². The third-order valence-electron chi connectivity index (χ3n) is 4.22. The van der Waals surface area contributed by atoms with E-state index in [9.17, 15) is 5.11 Å². The molecule has 2 atom stereocenters. The first kappa shape index (κ1) is 17.9. The molecule has 20 heavy (non-hydrogen) atoms. The summed E-state index contributed by atoms with van der Waals surface area (Å²) in [6.45, 7) is 7.58. The lowest BCUT2D eigenvalue weighted by Crippen LogP contribution is -2.47. The summed E-state index contributed by atoms with van der Waals surface area (Å²) in [5.74, 6) is 0. The molecule has 1 rings (SSSR count). The van der Waals surface area contributed by atoms with E-state index in [0.717, 1.165) is 19.4 Å². The number of aliphatic hydroxyl groups is 1. The van der Waals surface area contributed by atoms with Crippen molar-refractivity contribution in [2.75, 3.05) is 13.2 Å². The maximum Gasteiger partial charge on any atom is 0.0610 e. The molecular formula is C17H35NO2. The van der Waals surface area contributed by atoms with Crippen LogP contribution in [0.5, 0.6) is 0 Å². The van der Waals surface area contributed by atoms with E-state index in [2.05, 4.69) is 26.1 Å². The van der Waals surface area contributed by atoms with E-state index in [1.165, 1.54) is 44.9 Å². The standard InChI is InChI=1S/C17H35NO2/c1-4-5-6-7-9-15(2)20-13-8-12-17(3,14-19)18-16-10-11-16/h15-16,18-19H,4-14H2,1-3H3. The molecule has 1 fully saturated rings. The van der Waals surface area contributed by atoms with Crippen LogP contribution in [0.3, 0.4) is 0 Å². The maximum absolute atomic E-state index is 9.53. The van der Waals surface area contributed by atoms with Crippen LogP contribution in [0.2, 0.25) is 0 Å². The second kappa shape index (κ2) is 9.75. The van der Waals surface area contributed by atoms with Gasteiger partial charge in [0.25, 0.3) is 0 Å². The van der Waals surface area contributed by atoms with Crippen molar-refractivity contribution in [1.82, 2.24) is 5.32 Å². The molecule has 0 bridgehead atoms. The van der Waals surface area contributed by atoms with Crippen LogP contribution in [0.25, 0.3) is 0 Å². The number of nitrogens with one attached hydrogen (secondary N) is 1. The van der Waals surface area contributed by atoms with E-state index in [0.29, 0.717) is 12.1 Å². The van der Waals surface area contributed by atoms with E-state index in [1.807, 2.05) is 0 Å². The average Bonchev–Trinajstić information content (AvgIpc) is 3.23. The maximum atomic E-state index is 9.53. The summed E-state index contributed by atoms with van der Waals surface area (Å²) in [4.78, 5) is 0. The Labute approximate surface area is 125 Å². The lowest BCUT2D eigenvalue weighted by Gasteiger charge is -2.29. The summed E-state index contributed by atoms with van der Waals surface area (Å²) in [6.07, 6.45) is 11.4. The van der Waals surface area contributed by atoms with E-state index in [-0.39, 0.29) is 12.1 Å². The number of unbranched alkanes of at least 4 members (excludes halogenated alkanes) is 3. The molecule has 0 aromatic rings. The van der Waals surface area contributed by atoms with Crippen LogP contribution >= 0.6 is 0 Å². The van der Waals surface area contributed by atoms with Crippen molar-refractivity contribution in [3.8, 4) is 0 Å². The van der Waals surface area contributed by atoms with Crippen molar-refractivity contribution in [2.45, 2.75) is 96.2 Å². The summed E-state index contributed by atoms with van der Waals surface area (Å²) in [5, 5.41) is 13.1. The summed E-state index contributed by atoms with van der Waals surface area (Å²) >= 11 is 0. The second-order valence-corrected chi connectivity index (χ2v) is 6.77. The van der Waals surface area contributed by atoms with Crippen molar-refractivity contribution >= 4 is 0 Å². The molecule has 0 spiro atoms. The van der Waals surface area contributed by atoms with Crippen LogP contribution in [-0.4, -0.2) is 36.0 Å². The Balaban J connectivity index is 2.01. The number of rotatable bonds is 13. The average molecular weight is 285 g/mol. The molecule has 120 valence electrons. The molecule has 3 nitrogen and oxygen atoms in total. The summed E-state index contributed by atoms with van der Waals surface area (Å²) in [5.41, 5.74) is -0.116. The van der Waals surface area contributed by atoms with Crippen molar-refractivity contribution in [3.63, 3.8) is 0 Å². The molecule has 0 amide bonds. The zero-order valence-electron chi connectivity index (χ0n) is 13.8. The predicted octanol–water partition coefficient (Wildman–Crippen LogP) is 3.65. The molecule has 1 saturated carbocycles. The zero-order chi connectivity index (χ0) is 14.8. The topological polar surface area (TPSA) is 41.5 Å². The van der Waals surface area contributed by atoms with Gasteiger partial charge in [-0.2, -0.15) is 0 Å². The van der Waals surface area contributed by atoms with Gasteiger partial charge in [0, 0.05) is 18.2 Å². The van der Waals surface area contributed by atoms with Gasteiger partial charge in [-0.15, -0.1) is 0 Å². The van der Waals surface area contributed by atoms with E-state index in [4.69, 9.17) is 4.74 Å². The lowest BCUT2D eigenvalue weighted by atomic mass is 9.97. The van der Waals surface area contributed by atoms with Crippen molar-refractivity contribution in [3.05, 3.63) is 0 Å². The highest BCUT2D eigenvalue weighted by atomic mass is 16.5. The predicted molar refractivity (Wildman–Crippen MR) is 85.1 cm³/mol. The minimum atomic E-state index is -0.116. The molecule has 0 radical (unpaired) electrons. The Kier molecular flexibility index (Phi) is 8.74. The second-order valence-electron chi connectivity index (χ2n) is 6.77. The van der Waals surface area contributed by atoms with Gasteiger partial charge in [-0.1, -0.05) is 32.6 Å². The Morgan fingerprint density at radius 3 is 2.60 bits per heavy atom. The molecule has 1 aliphatic rings. The monoisotopic (exact) mass is 285 g/mol. The van der Waals surface area contributed by atoms with Crippen LogP contribution in [0.4, 0.5) is 0 Å². The van der Waals surface area contributed by atoms with Crippen LogP contribution in [0.1, 0.15) is 78.6 Å². The highest BCUT2D eigenvalue weighted by Gasteiger charge is 2.31. The molecule has 0 aliphatic heterocycles. The number of hydrogen-bond acceptors (Lipinski definition) is 3. The number of hydrogen-bond donors (Lipinski definition) is 2. The van der Waals surface area contributed by atoms with Crippen molar-refractivity contribution in [1.29, 1.82) is 0 Å². The quantitative estimate of drug-likeness (QED) is 0.508. The van der Waals surface area contributed by atoms with Gasteiger partial charge in [0.15, 0.2) is 0 Å². The first-order chi connectivity index (χ1) is 9.59. The van der Waals surface area contributed by atoms with Gasteiger partial charge in [-0.25, -0.2) is 0 Å². The van der Waals surface area contributed by atoms with Gasteiger partial charge >= 0.3 is 0 Å². The Morgan fingerprint density at radius 1 is 1.25 bits per heavy atom. The molecule has 3 heteroatoms. The van der Waals surface area contributed by atoms with E-state index >= 15 is 0 Å². The van der Waals surface area contributed by atoms with Gasteiger partial charge in [-0.05, 0) is 46.0 Å². The largest absolute Gasteiger partial charge is 0.394 e. The fourth-order valence-corrected chi connectivity index (χ4v) is 2.61. The normalized spacial score (nSPS) is 19.8. The summed E-state index contributed by atoms with van der Waals surface area (Å²) in [6, 6.07) is 0.644. The molecule has 0 aromatic heterocycles. The minimum Gasteiger partial charge on any atom is -0.394 e. The first-order valence-electron chi connectivity index (χ1n) is 8.60. The zero-order valence-corrected chi connectivity index (χ0v) is 13.8. The molecule has 0 saturated heterocycles. The molecule has 0 aromatic carbocycles. The highest BCUT2D eigenvalue weighted by molar-refractivity contribution is 4.92. The van der Waals surface area contributed by atoms with E-state index < -0.39 is 0 Å². The van der Waals surface area contributed by atoms with Crippen LogP contribution in [0, 0.1) is 0 Å². The Bertz CT molecular complexity index is 243. The SMILES string of the molecule is CCCCCCC(C)OCCCC(C)(CO)NC1CC1. The van der Waals surface area contributed by atoms with Gasteiger partial charge in [0.2, 0.25) is 0 Å². The number of ether oxygens (including phenoxy) is 1. The van der Waals surface area contributed by atoms with E-state index in [1.54, 1.807) is 0 Å². The molecule has 2 unspecified atom stereocenters. The molecule has 0 heterocycles. The van der Waals surface area contributed by atoms with Crippen molar-refractivity contribution < 1.29 is 9.84 Å². The Morgan fingerprint density at radius 2 is 2.00 bits per heavy atom.